The zero-order valence-electron chi connectivity index (χ0n) is 24.2. The number of halogens is 5. The zero-order chi connectivity index (χ0) is 32.3. The van der Waals surface area contributed by atoms with Gasteiger partial charge in [-0.25, -0.2) is 8.42 Å². The van der Waals surface area contributed by atoms with E-state index < -0.39 is 62.4 Å². The molecule has 7 nitrogen and oxygen atoms in total. The first-order chi connectivity index (χ1) is 19.8. The number of sulfonamides is 1. The van der Waals surface area contributed by atoms with Gasteiger partial charge in [0.2, 0.25) is 11.8 Å². The fraction of sp³-hybridized carbons (Fsp3) is 0.333. The fourth-order valence-corrected chi connectivity index (χ4v) is 5.98. The Labute approximate surface area is 259 Å². The molecule has 0 unspecified atom stereocenters. The highest BCUT2D eigenvalue weighted by atomic mass is 35.5. The lowest BCUT2D eigenvalue weighted by Gasteiger charge is -2.33. The number of hydrogen-bond acceptors (Lipinski definition) is 4. The molecule has 0 aliphatic rings. The molecule has 1 atom stereocenters. The molecular weight excluding hydrogens is 626 g/mol. The molecular formula is C30H32Cl2F3N3O4S. The summed E-state index contributed by atoms with van der Waals surface area (Å²) in [7, 11) is -4.58. The highest BCUT2D eigenvalue weighted by Gasteiger charge is 2.37. The Bertz CT molecular complexity index is 1590. The highest BCUT2D eigenvalue weighted by molar-refractivity contribution is 7.92. The van der Waals surface area contributed by atoms with Crippen molar-refractivity contribution in [2.24, 2.45) is 0 Å². The second-order valence-electron chi connectivity index (χ2n) is 11.1. The largest absolute Gasteiger partial charge is 0.417 e. The molecule has 3 aromatic carbocycles. The molecule has 0 aliphatic heterocycles. The van der Waals surface area contributed by atoms with E-state index in [1.165, 1.54) is 31.2 Å². The van der Waals surface area contributed by atoms with Crippen LogP contribution in [-0.2, 0) is 32.3 Å². The molecule has 0 heterocycles. The summed E-state index contributed by atoms with van der Waals surface area (Å²) in [5.41, 5.74) is -1.04. The van der Waals surface area contributed by atoms with Crippen LogP contribution >= 0.6 is 23.2 Å². The van der Waals surface area contributed by atoms with E-state index in [2.05, 4.69) is 5.32 Å². The summed E-state index contributed by atoms with van der Waals surface area (Å²) in [6.07, 6.45) is -4.89. The molecule has 0 radical (unpaired) electrons. The standard InChI is InChI=1S/C30H32Cl2F3N3O4S/c1-19-9-12-24(13-10-19)43(41,42)38(23-11-14-26(32)25(16-23)30(33,34)35)18-27(39)37(17-21-7-6-8-22(31)15-21)20(2)28(40)36-29(3,4)5/h6-16,20H,17-18H2,1-5H3,(H,36,40)/t20-/m1/s1. The number of hydrogen-bond donors (Lipinski definition) is 1. The van der Waals surface area contributed by atoms with Gasteiger partial charge in [-0.05, 0) is 82.6 Å². The first-order valence-corrected chi connectivity index (χ1v) is 15.3. The Morgan fingerprint density at radius 1 is 0.953 bits per heavy atom. The topological polar surface area (TPSA) is 86.8 Å². The van der Waals surface area contributed by atoms with Crippen LogP contribution in [0, 0.1) is 6.92 Å². The first-order valence-electron chi connectivity index (χ1n) is 13.1. The molecule has 232 valence electrons. The highest BCUT2D eigenvalue weighted by Crippen LogP contribution is 2.38. The maximum absolute atomic E-state index is 14.0. The molecule has 2 amide bonds. The zero-order valence-corrected chi connectivity index (χ0v) is 26.5. The monoisotopic (exact) mass is 657 g/mol. The van der Waals surface area contributed by atoms with E-state index >= 15 is 0 Å². The van der Waals surface area contributed by atoms with Gasteiger partial charge in [0, 0.05) is 17.1 Å². The van der Waals surface area contributed by atoms with Gasteiger partial charge in [-0.3, -0.25) is 13.9 Å². The first kappa shape index (κ1) is 34.2. The molecule has 0 aromatic heterocycles. The molecule has 3 aromatic rings. The summed E-state index contributed by atoms with van der Waals surface area (Å²) >= 11 is 11.9. The molecule has 0 spiro atoms. The maximum Gasteiger partial charge on any atom is 0.417 e. The molecule has 0 saturated carbocycles. The minimum atomic E-state index is -4.89. The van der Waals surface area contributed by atoms with Crippen molar-refractivity contribution in [3.05, 3.63) is 93.5 Å². The Hall–Kier alpha value is -3.28. The average molecular weight is 659 g/mol. The van der Waals surface area contributed by atoms with Gasteiger partial charge in [0.05, 0.1) is 21.2 Å². The van der Waals surface area contributed by atoms with Gasteiger partial charge >= 0.3 is 6.18 Å². The van der Waals surface area contributed by atoms with Crippen LogP contribution in [0.25, 0.3) is 0 Å². The van der Waals surface area contributed by atoms with Gasteiger partial charge in [0.15, 0.2) is 0 Å². The summed E-state index contributed by atoms with van der Waals surface area (Å²) in [4.78, 5) is 28.0. The quantitative estimate of drug-likeness (QED) is 0.273. The Morgan fingerprint density at radius 2 is 1.58 bits per heavy atom. The second-order valence-corrected chi connectivity index (χ2v) is 13.8. The molecule has 1 N–H and O–H groups in total. The summed E-state index contributed by atoms with van der Waals surface area (Å²) in [5, 5.41) is 2.54. The Kier molecular flexibility index (Phi) is 10.5. The van der Waals surface area contributed by atoms with Crippen LogP contribution in [0.3, 0.4) is 0 Å². The van der Waals surface area contributed by atoms with Crippen LogP contribution < -0.4 is 9.62 Å². The number of amides is 2. The van der Waals surface area contributed by atoms with Gasteiger partial charge in [0.25, 0.3) is 10.0 Å². The summed E-state index contributed by atoms with van der Waals surface area (Å²) < 4.78 is 69.7. The smallest absolute Gasteiger partial charge is 0.350 e. The summed E-state index contributed by atoms with van der Waals surface area (Å²) in [6, 6.07) is 13.7. The van der Waals surface area contributed by atoms with E-state index in [-0.39, 0.29) is 11.4 Å². The Balaban J connectivity index is 2.13. The van der Waals surface area contributed by atoms with E-state index in [1.54, 1.807) is 52.0 Å². The van der Waals surface area contributed by atoms with Crippen LogP contribution in [0.2, 0.25) is 10.0 Å². The van der Waals surface area contributed by atoms with Crippen molar-refractivity contribution in [3.8, 4) is 0 Å². The molecule has 0 bridgehead atoms. The molecule has 0 fully saturated rings. The number of anilines is 1. The van der Waals surface area contributed by atoms with Crippen LogP contribution in [0.5, 0.6) is 0 Å². The van der Waals surface area contributed by atoms with Gasteiger partial charge < -0.3 is 10.2 Å². The van der Waals surface area contributed by atoms with Crippen LogP contribution in [-0.4, -0.2) is 43.3 Å². The normalized spacial score (nSPS) is 12.9. The molecule has 43 heavy (non-hydrogen) atoms. The lowest BCUT2D eigenvalue weighted by molar-refractivity contribution is -0.140. The predicted molar refractivity (Wildman–Crippen MR) is 162 cm³/mol. The number of rotatable bonds is 9. The van der Waals surface area contributed by atoms with E-state index in [0.29, 0.717) is 21.0 Å². The predicted octanol–water partition coefficient (Wildman–Crippen LogP) is 6.85. The number of carbonyl (C=O) groups is 2. The molecule has 13 heteroatoms. The molecule has 0 saturated heterocycles. The third-order valence-corrected chi connectivity index (χ3v) is 8.69. The second kappa shape index (κ2) is 13.2. The average Bonchev–Trinajstić information content (AvgIpc) is 2.89. The third-order valence-electron chi connectivity index (χ3n) is 6.34. The maximum atomic E-state index is 14.0. The number of aryl methyl sites for hydroxylation is 1. The minimum absolute atomic E-state index is 0.134. The van der Waals surface area contributed by atoms with Crippen molar-refractivity contribution in [2.45, 2.75) is 63.8 Å². The Morgan fingerprint density at radius 3 is 2.14 bits per heavy atom. The van der Waals surface area contributed by atoms with Crippen molar-refractivity contribution >= 4 is 50.7 Å². The van der Waals surface area contributed by atoms with Crippen molar-refractivity contribution in [1.82, 2.24) is 10.2 Å². The van der Waals surface area contributed by atoms with Crippen molar-refractivity contribution in [3.63, 3.8) is 0 Å². The van der Waals surface area contributed by atoms with Crippen LogP contribution in [0.4, 0.5) is 18.9 Å². The van der Waals surface area contributed by atoms with Gasteiger partial charge in [-0.15, -0.1) is 0 Å². The number of alkyl halides is 3. The number of nitrogens with zero attached hydrogens (tertiary/aromatic N) is 2. The van der Waals surface area contributed by atoms with Crippen LogP contribution in [0.1, 0.15) is 44.4 Å². The van der Waals surface area contributed by atoms with Crippen molar-refractivity contribution in [1.29, 1.82) is 0 Å². The van der Waals surface area contributed by atoms with Crippen LogP contribution in [0.15, 0.2) is 71.6 Å². The summed E-state index contributed by atoms with van der Waals surface area (Å²) in [5.74, 6) is -1.35. The fourth-order valence-electron chi connectivity index (χ4n) is 4.14. The van der Waals surface area contributed by atoms with E-state index in [0.717, 1.165) is 22.6 Å². The van der Waals surface area contributed by atoms with Crippen molar-refractivity contribution in [2.75, 3.05) is 10.8 Å². The van der Waals surface area contributed by atoms with Crippen molar-refractivity contribution < 1.29 is 31.2 Å². The van der Waals surface area contributed by atoms with Gasteiger partial charge in [0.1, 0.15) is 12.6 Å². The third kappa shape index (κ3) is 8.87. The lowest BCUT2D eigenvalue weighted by Crippen LogP contribution is -2.54. The molecule has 3 rings (SSSR count). The van der Waals surface area contributed by atoms with Gasteiger partial charge in [-0.1, -0.05) is 53.0 Å². The molecule has 0 aliphatic carbocycles. The van der Waals surface area contributed by atoms with Gasteiger partial charge in [-0.2, -0.15) is 13.2 Å². The minimum Gasteiger partial charge on any atom is -0.350 e. The summed E-state index contributed by atoms with van der Waals surface area (Å²) in [6.45, 7) is 7.45. The van der Waals surface area contributed by atoms with E-state index in [1.807, 2.05) is 0 Å². The van der Waals surface area contributed by atoms with E-state index in [4.69, 9.17) is 23.2 Å². The number of nitrogens with one attached hydrogen (secondary N) is 1. The van der Waals surface area contributed by atoms with E-state index in [9.17, 15) is 31.2 Å². The number of carbonyl (C=O) groups excluding carboxylic acids is 2. The number of benzene rings is 3. The SMILES string of the molecule is Cc1ccc(S(=O)(=O)N(CC(=O)N(Cc2cccc(Cl)c2)[C@H](C)C(=O)NC(C)(C)C)c2ccc(Cl)c(C(F)(F)F)c2)cc1. The lowest BCUT2D eigenvalue weighted by atomic mass is 10.1.